The number of nitrogens with one attached hydrogen (secondary N) is 1. The van der Waals surface area contributed by atoms with Crippen molar-refractivity contribution in [2.75, 3.05) is 5.32 Å². The Labute approximate surface area is 166 Å². The van der Waals surface area contributed by atoms with E-state index in [-0.39, 0.29) is 0 Å². The zero-order valence-corrected chi connectivity index (χ0v) is 15.8. The summed E-state index contributed by atoms with van der Waals surface area (Å²) in [4.78, 5) is 25.1. The molecule has 0 saturated carbocycles. The molecule has 0 aliphatic rings. The van der Waals surface area contributed by atoms with Crippen molar-refractivity contribution in [3.8, 4) is 0 Å². The van der Waals surface area contributed by atoms with Crippen LogP contribution in [0.4, 0.5) is 5.69 Å². The molecule has 3 rings (SSSR count). The fourth-order valence-corrected chi connectivity index (χ4v) is 2.72. The Bertz CT molecular complexity index is 934. The van der Waals surface area contributed by atoms with Gasteiger partial charge in [0.1, 0.15) is 6.33 Å². The number of benzene rings is 2. The van der Waals surface area contributed by atoms with Crippen LogP contribution in [0, 0.1) is 0 Å². The molecule has 1 aromatic heterocycles. The minimum atomic E-state index is -1.03. The van der Waals surface area contributed by atoms with E-state index in [9.17, 15) is 9.59 Å². The first-order chi connectivity index (χ1) is 13.5. The van der Waals surface area contributed by atoms with E-state index in [1.807, 2.05) is 30.3 Å². The lowest BCUT2D eigenvalue weighted by Gasteiger charge is -2.19. The third-order valence-electron chi connectivity index (χ3n) is 4.02. The highest BCUT2D eigenvalue weighted by molar-refractivity contribution is 6.33. The number of halogens is 1. The molecule has 0 bridgehead atoms. The molecule has 28 heavy (non-hydrogen) atoms. The molecule has 1 N–H and O–H groups in total. The van der Waals surface area contributed by atoms with Crippen molar-refractivity contribution in [1.29, 1.82) is 0 Å². The summed E-state index contributed by atoms with van der Waals surface area (Å²) in [6, 6.07) is 15.4. The van der Waals surface area contributed by atoms with Crippen LogP contribution < -0.4 is 5.32 Å². The van der Waals surface area contributed by atoms with Crippen molar-refractivity contribution < 1.29 is 14.3 Å². The van der Waals surface area contributed by atoms with Crippen LogP contribution in [0.2, 0.25) is 5.02 Å². The summed E-state index contributed by atoms with van der Waals surface area (Å²) in [5.74, 6) is -1.10. The van der Waals surface area contributed by atoms with Crippen LogP contribution >= 0.6 is 11.6 Å². The van der Waals surface area contributed by atoms with Gasteiger partial charge in [0.2, 0.25) is 0 Å². The average Bonchev–Trinajstić information content (AvgIpc) is 3.23. The molecule has 0 unspecified atom stereocenters. The fraction of sp³-hybridized carbons (Fsp3) is 0.211. The van der Waals surface area contributed by atoms with Crippen LogP contribution in [-0.4, -0.2) is 38.2 Å². The molecule has 2 atom stereocenters. The topological polar surface area (TPSA) is 99.0 Å². The molecule has 1 heterocycles. The first-order valence-electron chi connectivity index (χ1n) is 8.57. The number of esters is 1. The zero-order valence-electron chi connectivity index (χ0n) is 15.0. The van der Waals surface area contributed by atoms with Crippen molar-refractivity contribution >= 4 is 29.2 Å². The van der Waals surface area contributed by atoms with Crippen molar-refractivity contribution in [2.24, 2.45) is 0 Å². The summed E-state index contributed by atoms with van der Waals surface area (Å²) >= 11 is 6.04. The van der Waals surface area contributed by atoms with Gasteiger partial charge in [-0.25, -0.2) is 9.48 Å². The maximum atomic E-state index is 12.7. The van der Waals surface area contributed by atoms with E-state index >= 15 is 0 Å². The molecular formula is C19H18ClN5O3. The minimum absolute atomic E-state index is 0.323. The third-order valence-corrected chi connectivity index (χ3v) is 4.35. The molecule has 0 aliphatic heterocycles. The summed E-state index contributed by atoms with van der Waals surface area (Å²) in [6.07, 6.45) is 0.630. The number of tetrazole rings is 1. The van der Waals surface area contributed by atoms with Crippen LogP contribution in [0.15, 0.2) is 60.9 Å². The lowest BCUT2D eigenvalue weighted by molar-refractivity contribution is -0.156. The van der Waals surface area contributed by atoms with Crippen molar-refractivity contribution in [3.63, 3.8) is 0 Å². The molecule has 0 spiro atoms. The first kappa shape index (κ1) is 19.5. The lowest BCUT2D eigenvalue weighted by Crippen LogP contribution is -2.34. The van der Waals surface area contributed by atoms with Gasteiger partial charge in [0, 0.05) is 6.42 Å². The van der Waals surface area contributed by atoms with Crippen LogP contribution in [-0.2, 0) is 20.7 Å². The fourth-order valence-electron chi connectivity index (χ4n) is 2.54. The first-order valence-corrected chi connectivity index (χ1v) is 8.94. The Morgan fingerprint density at radius 3 is 2.54 bits per heavy atom. The number of carbonyl (C=O) groups is 2. The Morgan fingerprint density at radius 2 is 1.86 bits per heavy atom. The maximum Gasteiger partial charge on any atom is 0.332 e. The van der Waals surface area contributed by atoms with Gasteiger partial charge in [-0.2, -0.15) is 0 Å². The van der Waals surface area contributed by atoms with E-state index < -0.39 is 24.0 Å². The summed E-state index contributed by atoms with van der Waals surface area (Å²) < 4.78 is 6.69. The number of para-hydroxylation sites is 1. The molecule has 0 aliphatic carbocycles. The zero-order chi connectivity index (χ0) is 19.9. The number of hydrogen-bond acceptors (Lipinski definition) is 6. The van der Waals surface area contributed by atoms with E-state index in [0.29, 0.717) is 17.1 Å². The second-order valence-corrected chi connectivity index (χ2v) is 6.45. The standard InChI is InChI=1S/C19H18ClN5O3/c1-13(18(26)22-16-10-6-5-9-15(16)20)28-19(27)17(25-12-21-23-24-25)11-14-7-3-2-4-8-14/h2-10,12-13,17H,11H2,1H3,(H,22,26)/t13-,17+/m0/s1. The summed E-state index contributed by atoms with van der Waals surface area (Å²) in [5.41, 5.74) is 1.35. The number of amides is 1. The smallest absolute Gasteiger partial charge is 0.332 e. The van der Waals surface area contributed by atoms with Crippen LogP contribution in [0.1, 0.15) is 18.5 Å². The SMILES string of the molecule is C[C@H](OC(=O)[C@@H](Cc1ccccc1)n1cnnn1)C(=O)Nc1ccccc1Cl. The Kier molecular flexibility index (Phi) is 6.33. The maximum absolute atomic E-state index is 12.7. The van der Waals surface area contributed by atoms with E-state index in [1.54, 1.807) is 24.3 Å². The van der Waals surface area contributed by atoms with Crippen molar-refractivity contribution in [2.45, 2.75) is 25.5 Å². The second kappa shape index (κ2) is 9.09. The highest BCUT2D eigenvalue weighted by Gasteiger charge is 2.28. The van der Waals surface area contributed by atoms with E-state index in [2.05, 4.69) is 20.8 Å². The molecule has 0 saturated heterocycles. The van der Waals surface area contributed by atoms with E-state index in [4.69, 9.17) is 16.3 Å². The normalized spacial score (nSPS) is 12.8. The van der Waals surface area contributed by atoms with Gasteiger partial charge in [0.05, 0.1) is 10.7 Å². The van der Waals surface area contributed by atoms with Gasteiger partial charge in [0.25, 0.3) is 5.91 Å². The monoisotopic (exact) mass is 399 g/mol. The van der Waals surface area contributed by atoms with Gasteiger partial charge in [0.15, 0.2) is 12.1 Å². The predicted octanol–water partition coefficient (Wildman–Crippen LogP) is 2.68. The van der Waals surface area contributed by atoms with Gasteiger partial charge in [-0.15, -0.1) is 5.10 Å². The molecule has 1 amide bonds. The molecular weight excluding hydrogens is 382 g/mol. The molecule has 0 fully saturated rings. The highest BCUT2D eigenvalue weighted by Crippen LogP contribution is 2.21. The Balaban J connectivity index is 1.69. The highest BCUT2D eigenvalue weighted by atomic mass is 35.5. The van der Waals surface area contributed by atoms with E-state index in [0.717, 1.165) is 5.56 Å². The number of nitrogens with zero attached hydrogens (tertiary/aromatic N) is 4. The van der Waals surface area contributed by atoms with Gasteiger partial charge in [-0.1, -0.05) is 54.1 Å². The van der Waals surface area contributed by atoms with Gasteiger partial charge < -0.3 is 10.1 Å². The minimum Gasteiger partial charge on any atom is -0.451 e. The predicted molar refractivity (Wildman–Crippen MR) is 103 cm³/mol. The number of carbonyl (C=O) groups excluding carboxylic acids is 2. The van der Waals surface area contributed by atoms with Crippen LogP contribution in [0.5, 0.6) is 0 Å². The summed E-state index contributed by atoms with van der Waals surface area (Å²) in [5, 5.41) is 14.0. The van der Waals surface area contributed by atoms with E-state index in [1.165, 1.54) is 17.9 Å². The van der Waals surface area contributed by atoms with Crippen molar-refractivity contribution in [1.82, 2.24) is 20.2 Å². The summed E-state index contributed by atoms with van der Waals surface area (Å²) in [6.45, 7) is 1.49. The number of rotatable bonds is 7. The molecule has 0 radical (unpaired) electrons. The number of ether oxygens (including phenoxy) is 1. The average molecular weight is 400 g/mol. The number of hydrogen-bond donors (Lipinski definition) is 1. The number of anilines is 1. The third kappa shape index (κ3) is 4.92. The molecule has 9 heteroatoms. The second-order valence-electron chi connectivity index (χ2n) is 6.04. The molecule has 3 aromatic rings. The Morgan fingerprint density at radius 1 is 1.14 bits per heavy atom. The van der Waals surface area contributed by atoms with Crippen LogP contribution in [0.25, 0.3) is 0 Å². The largest absolute Gasteiger partial charge is 0.451 e. The molecule has 144 valence electrons. The van der Waals surface area contributed by atoms with Gasteiger partial charge >= 0.3 is 5.97 Å². The van der Waals surface area contributed by atoms with Crippen molar-refractivity contribution in [3.05, 3.63) is 71.5 Å². The molecule has 2 aromatic carbocycles. The summed E-state index contributed by atoms with van der Waals surface area (Å²) in [7, 11) is 0. The number of aromatic nitrogens is 4. The van der Waals surface area contributed by atoms with Gasteiger partial charge in [-0.05, 0) is 35.0 Å². The molecule has 8 nitrogen and oxygen atoms in total. The van der Waals surface area contributed by atoms with Gasteiger partial charge in [-0.3, -0.25) is 4.79 Å². The quantitative estimate of drug-likeness (QED) is 0.613. The Hall–Kier alpha value is -3.26. The van der Waals surface area contributed by atoms with Crippen LogP contribution in [0.3, 0.4) is 0 Å². The lowest BCUT2D eigenvalue weighted by atomic mass is 10.1.